The molecule has 0 saturated carbocycles. The molecule has 2 saturated heterocycles. The van der Waals surface area contributed by atoms with Gasteiger partial charge in [-0.15, -0.1) is 6.58 Å². The summed E-state index contributed by atoms with van der Waals surface area (Å²) in [5.41, 5.74) is 6.33. The Labute approximate surface area is 292 Å². The first-order chi connectivity index (χ1) is 24.0. The number of hydrogen-bond donors (Lipinski definition) is 1. The van der Waals surface area contributed by atoms with E-state index in [0.29, 0.717) is 51.6 Å². The van der Waals surface area contributed by atoms with Crippen molar-refractivity contribution in [1.29, 1.82) is 0 Å². The molecule has 1 aliphatic carbocycles. The van der Waals surface area contributed by atoms with E-state index in [2.05, 4.69) is 52.4 Å². The normalized spacial score (nSPS) is 19.0. The third kappa shape index (κ3) is 5.56. The summed E-state index contributed by atoms with van der Waals surface area (Å²) in [6.45, 7) is 15.3. The molecule has 0 aromatic carbocycles. The van der Waals surface area contributed by atoms with Crippen molar-refractivity contribution in [3.63, 3.8) is 0 Å². The van der Waals surface area contributed by atoms with Gasteiger partial charge in [-0.3, -0.25) is 19.1 Å². The molecular weight excluding hydrogens is 627 g/mol. The molecule has 8 rings (SSSR count). The van der Waals surface area contributed by atoms with Gasteiger partial charge in [-0.2, -0.15) is 0 Å². The van der Waals surface area contributed by atoms with E-state index in [1.165, 1.54) is 20.4 Å². The van der Waals surface area contributed by atoms with Gasteiger partial charge >= 0.3 is 0 Å². The van der Waals surface area contributed by atoms with Crippen LogP contribution in [0.25, 0.3) is 27.9 Å². The second-order valence-electron chi connectivity index (χ2n) is 14.8. The lowest BCUT2D eigenvalue weighted by atomic mass is 9.85. The van der Waals surface area contributed by atoms with E-state index < -0.39 is 0 Å². The highest BCUT2D eigenvalue weighted by molar-refractivity contribution is 6.43. The van der Waals surface area contributed by atoms with E-state index in [0.717, 1.165) is 51.4 Å². The summed E-state index contributed by atoms with van der Waals surface area (Å²) < 4.78 is 10.4. The Bertz CT molecular complexity index is 2270. The zero-order valence-corrected chi connectivity index (χ0v) is 29.0. The maximum Gasteiger partial charge on any atom is 0.280 e. The highest BCUT2D eigenvalue weighted by atomic mass is 16.5. The predicted octanol–water partition coefficient (Wildman–Crippen LogP) is 4.16. The molecule has 7 heterocycles. The van der Waals surface area contributed by atoms with Crippen molar-refractivity contribution in [3.8, 4) is 16.9 Å². The Morgan fingerprint density at radius 1 is 1.06 bits per heavy atom. The number of aryl methyl sites for hydroxylation is 1. The summed E-state index contributed by atoms with van der Waals surface area (Å²) in [5, 5.41) is 3.24. The van der Waals surface area contributed by atoms with Gasteiger partial charge < -0.3 is 23.9 Å². The second kappa shape index (κ2) is 12.1. The fraction of sp³-hybridized carbons (Fsp3) is 0.368. The first-order valence-electron chi connectivity index (χ1n) is 17.2. The fourth-order valence-corrected chi connectivity index (χ4v) is 7.87. The van der Waals surface area contributed by atoms with E-state index in [-0.39, 0.29) is 22.0 Å². The lowest BCUT2D eigenvalue weighted by Crippen LogP contribution is -2.59. The monoisotopic (exact) mass is 668 g/mol. The quantitative estimate of drug-likeness (QED) is 0.258. The number of aromatic nitrogens is 5. The van der Waals surface area contributed by atoms with E-state index in [4.69, 9.17) is 12.6 Å². The zero-order valence-electron chi connectivity index (χ0n) is 29.0. The fourth-order valence-electron chi connectivity index (χ4n) is 7.87. The number of nitrogens with zero attached hydrogens (tertiary/aromatic N) is 7. The van der Waals surface area contributed by atoms with Gasteiger partial charge in [0.2, 0.25) is 0 Å². The summed E-state index contributed by atoms with van der Waals surface area (Å²) in [6, 6.07) is 10.4. The number of piperazine rings is 1. The molecule has 1 N–H and O–H groups in total. The van der Waals surface area contributed by atoms with Crippen LogP contribution in [0.3, 0.4) is 0 Å². The van der Waals surface area contributed by atoms with Crippen molar-refractivity contribution in [2.45, 2.75) is 45.7 Å². The van der Waals surface area contributed by atoms with Crippen molar-refractivity contribution < 1.29 is 4.74 Å². The molecule has 50 heavy (non-hydrogen) atoms. The molecule has 11 nitrogen and oxygen atoms in total. The Morgan fingerprint density at radius 3 is 2.58 bits per heavy atom. The smallest absolute Gasteiger partial charge is 0.280 e. The molecule has 2 fully saturated rings. The molecule has 3 aliphatic rings. The van der Waals surface area contributed by atoms with Gasteiger partial charge in [0.15, 0.2) is 0 Å². The molecular formula is C38H41BN8O3. The van der Waals surface area contributed by atoms with Gasteiger partial charge in [0.05, 0.1) is 31.1 Å². The molecule has 0 bridgehead atoms. The van der Waals surface area contributed by atoms with Gasteiger partial charge in [0.1, 0.15) is 30.7 Å². The lowest BCUT2D eigenvalue weighted by molar-refractivity contribution is -0.0691. The number of nitrogens with one attached hydrogen (secondary N) is 1. The maximum atomic E-state index is 13.9. The molecule has 5 aromatic rings. The summed E-state index contributed by atoms with van der Waals surface area (Å²) in [4.78, 5) is 41.5. The van der Waals surface area contributed by atoms with Crippen LogP contribution in [-0.2, 0) is 24.6 Å². The van der Waals surface area contributed by atoms with E-state index in [1.807, 2.05) is 41.1 Å². The van der Waals surface area contributed by atoms with Crippen LogP contribution < -0.4 is 21.3 Å². The molecule has 0 unspecified atom stereocenters. The Hall–Kier alpha value is -4.94. The minimum absolute atomic E-state index is 0.171. The number of anilines is 3. The Balaban J connectivity index is 1.09. The van der Waals surface area contributed by atoms with Crippen LogP contribution in [0.1, 0.15) is 37.6 Å². The molecule has 2 aliphatic heterocycles. The van der Waals surface area contributed by atoms with E-state index >= 15 is 0 Å². The summed E-state index contributed by atoms with van der Waals surface area (Å²) >= 11 is 0. The summed E-state index contributed by atoms with van der Waals surface area (Å²) in [7, 11) is 8.13. The first-order valence-corrected chi connectivity index (χ1v) is 17.2. The third-order valence-corrected chi connectivity index (χ3v) is 10.5. The molecule has 1 atom stereocenters. The predicted molar refractivity (Wildman–Crippen MR) is 198 cm³/mol. The second-order valence-corrected chi connectivity index (χ2v) is 14.8. The minimum Gasteiger partial charge on any atom is -0.378 e. The number of hydrogen-bond acceptors (Lipinski definition) is 8. The van der Waals surface area contributed by atoms with Gasteiger partial charge in [0.25, 0.3) is 11.1 Å². The molecule has 12 heteroatoms. The number of rotatable bonds is 7. The van der Waals surface area contributed by atoms with Crippen molar-refractivity contribution >= 4 is 36.0 Å². The minimum atomic E-state index is -0.210. The van der Waals surface area contributed by atoms with Gasteiger partial charge in [-0.1, -0.05) is 19.3 Å². The van der Waals surface area contributed by atoms with Gasteiger partial charge in [-0.25, -0.2) is 9.97 Å². The largest absolute Gasteiger partial charge is 0.378 e. The highest BCUT2D eigenvalue weighted by Gasteiger charge is 2.33. The lowest BCUT2D eigenvalue weighted by Gasteiger charge is -2.46. The Morgan fingerprint density at radius 2 is 1.88 bits per heavy atom. The first kappa shape index (κ1) is 32.3. The number of pyridine rings is 3. The standard InChI is InChI=1S/C38H41BN8O3/c1-23-19-44(28-21-50-22-28)10-11-45(23)27-6-7-33(41-18-27)42-30-14-26(20-43(5)36(30)48)29-8-9-40-35(34(29)24(2)39)47-13-12-46-31(37(47)49)15-25-16-38(3,4)17-32(25)46/h6-9,12-15,18,20,23,28H,2,10-11,16-17,19,21-22H2,1,3-5H3,(H,41,42)/t23-/m0/s1. The van der Waals surface area contributed by atoms with Crippen LogP contribution in [0.4, 0.5) is 17.2 Å². The van der Waals surface area contributed by atoms with E-state index in [9.17, 15) is 9.59 Å². The zero-order chi connectivity index (χ0) is 34.9. The van der Waals surface area contributed by atoms with Crippen molar-refractivity contribution in [2.24, 2.45) is 12.5 Å². The van der Waals surface area contributed by atoms with Crippen LogP contribution in [0.5, 0.6) is 0 Å². The Kier molecular flexibility index (Phi) is 7.83. The van der Waals surface area contributed by atoms with Crippen molar-refractivity contribution in [2.75, 3.05) is 43.1 Å². The maximum absolute atomic E-state index is 13.9. The molecule has 5 aromatic heterocycles. The topological polar surface area (TPSA) is 102 Å². The van der Waals surface area contributed by atoms with Crippen LogP contribution in [-0.4, -0.2) is 81.2 Å². The SMILES string of the molecule is [B]C(=C)c1c(-c2cc(Nc3ccc(N4CCN(C5COC5)C[C@@H]4C)cn3)c(=O)n(C)c2)ccnc1-n1ccn2c3c(cc2c1=O)CC(C)(C)C3. The van der Waals surface area contributed by atoms with Gasteiger partial charge in [-0.05, 0) is 66.6 Å². The third-order valence-electron chi connectivity index (χ3n) is 10.5. The van der Waals surface area contributed by atoms with Crippen LogP contribution in [0.2, 0.25) is 0 Å². The highest BCUT2D eigenvalue weighted by Crippen LogP contribution is 2.38. The molecule has 2 radical (unpaired) electrons. The molecule has 254 valence electrons. The average Bonchev–Trinajstić information content (AvgIpc) is 3.55. The summed E-state index contributed by atoms with van der Waals surface area (Å²) in [6.07, 6.45) is 10.8. The number of ether oxygens (including phenoxy) is 1. The average molecular weight is 669 g/mol. The van der Waals surface area contributed by atoms with Crippen molar-refractivity contribution in [1.82, 2.24) is 28.4 Å². The van der Waals surface area contributed by atoms with Crippen molar-refractivity contribution in [3.05, 3.63) is 105 Å². The van der Waals surface area contributed by atoms with E-state index in [1.54, 1.807) is 31.7 Å². The number of fused-ring (bicyclic) bond motifs is 3. The van der Waals surface area contributed by atoms with Crippen LogP contribution in [0.15, 0.2) is 77.5 Å². The van der Waals surface area contributed by atoms with Crippen LogP contribution in [0, 0.1) is 5.41 Å². The molecule has 0 amide bonds. The van der Waals surface area contributed by atoms with Crippen LogP contribution >= 0.6 is 0 Å². The molecule has 0 spiro atoms. The summed E-state index contributed by atoms with van der Waals surface area (Å²) in [5.74, 6) is 0.933. The van der Waals surface area contributed by atoms with Gasteiger partial charge in [0, 0.05) is 74.3 Å².